The summed E-state index contributed by atoms with van der Waals surface area (Å²) >= 11 is 6.89. The number of hydrogen-bond donors (Lipinski definition) is 1. The highest BCUT2D eigenvalue weighted by Gasteiger charge is 2.18. The summed E-state index contributed by atoms with van der Waals surface area (Å²) in [6, 6.07) is 8.78. The maximum atomic E-state index is 13.8. The number of halogens is 2. The van der Waals surface area contributed by atoms with Gasteiger partial charge in [-0.2, -0.15) is 0 Å². The van der Waals surface area contributed by atoms with E-state index in [1.165, 1.54) is 16.7 Å². The van der Waals surface area contributed by atoms with Gasteiger partial charge in [-0.1, -0.05) is 29.0 Å². The van der Waals surface area contributed by atoms with Gasteiger partial charge in [-0.15, -0.1) is 0 Å². The second-order valence-electron chi connectivity index (χ2n) is 5.17. The zero-order valence-corrected chi connectivity index (χ0v) is 14.8. The Hall–Kier alpha value is -1.90. The van der Waals surface area contributed by atoms with Crippen LogP contribution in [-0.2, 0) is 22.8 Å². The van der Waals surface area contributed by atoms with E-state index < -0.39 is 21.6 Å². The highest BCUT2D eigenvalue weighted by molar-refractivity contribution is 7.91. The van der Waals surface area contributed by atoms with Crippen LogP contribution in [0.4, 0.5) is 10.1 Å². The largest absolute Gasteiger partial charge is 0.307 e. The molecule has 0 saturated heterocycles. The average molecular weight is 387 g/mol. The maximum Gasteiger partial charge on any atom is 0.307 e. The Labute approximate surface area is 146 Å². The van der Waals surface area contributed by atoms with E-state index in [2.05, 4.69) is 4.72 Å². The van der Waals surface area contributed by atoms with Crippen molar-refractivity contribution >= 4 is 48.9 Å². The fraction of sp³-hybridized carbons (Fsp3) is 0.133. The lowest BCUT2D eigenvalue weighted by molar-refractivity contribution is 0.591. The molecule has 2 aromatic carbocycles. The van der Waals surface area contributed by atoms with Crippen molar-refractivity contribution < 1.29 is 12.8 Å². The van der Waals surface area contributed by atoms with Crippen LogP contribution in [0.5, 0.6) is 0 Å². The fourth-order valence-electron chi connectivity index (χ4n) is 2.27. The molecule has 0 fully saturated rings. The molecule has 1 aromatic heterocycles. The van der Waals surface area contributed by atoms with Crippen molar-refractivity contribution in [2.45, 2.75) is 5.75 Å². The summed E-state index contributed by atoms with van der Waals surface area (Å²) < 4.78 is 42.9. The Kier molecular flexibility index (Phi) is 4.37. The Morgan fingerprint density at radius 1 is 1.29 bits per heavy atom. The van der Waals surface area contributed by atoms with E-state index in [1.54, 1.807) is 25.2 Å². The van der Waals surface area contributed by atoms with Gasteiger partial charge in [0.2, 0.25) is 10.0 Å². The molecule has 1 heterocycles. The van der Waals surface area contributed by atoms with Gasteiger partial charge in [0.05, 0.1) is 21.7 Å². The third-order valence-electron chi connectivity index (χ3n) is 3.46. The van der Waals surface area contributed by atoms with Gasteiger partial charge in [0.1, 0.15) is 5.82 Å². The highest BCUT2D eigenvalue weighted by Crippen LogP contribution is 2.25. The van der Waals surface area contributed by atoms with Crippen molar-refractivity contribution in [2.24, 2.45) is 7.05 Å². The number of fused-ring (bicyclic) bond motifs is 1. The van der Waals surface area contributed by atoms with E-state index in [0.29, 0.717) is 15.9 Å². The Bertz CT molecular complexity index is 1070. The zero-order valence-electron chi connectivity index (χ0n) is 12.4. The van der Waals surface area contributed by atoms with Crippen molar-refractivity contribution in [3.63, 3.8) is 0 Å². The quantitative estimate of drug-likeness (QED) is 0.747. The summed E-state index contributed by atoms with van der Waals surface area (Å²) in [5.41, 5.74) is 0.930. The predicted molar refractivity (Wildman–Crippen MR) is 94.7 cm³/mol. The van der Waals surface area contributed by atoms with Crippen LogP contribution in [0.1, 0.15) is 5.56 Å². The molecule has 9 heteroatoms. The summed E-state index contributed by atoms with van der Waals surface area (Å²) in [4.78, 5) is 11.5. The van der Waals surface area contributed by atoms with Crippen LogP contribution in [0.3, 0.4) is 0 Å². The van der Waals surface area contributed by atoms with Crippen molar-refractivity contribution in [3.05, 3.63) is 62.5 Å². The number of aromatic nitrogens is 1. The van der Waals surface area contributed by atoms with Gasteiger partial charge in [0, 0.05) is 17.6 Å². The third kappa shape index (κ3) is 3.31. The van der Waals surface area contributed by atoms with Crippen LogP contribution in [0, 0.1) is 5.82 Å². The van der Waals surface area contributed by atoms with Gasteiger partial charge in [-0.3, -0.25) is 9.52 Å². The standard InChI is InChI=1S/C15H12ClFN2O3S2/c1-19-13-6-5-9(7-14(13)23-15(19)20)18-24(21,22)8-10-11(16)3-2-4-12(10)17/h2-7,18H,8H2,1H3. The van der Waals surface area contributed by atoms with Gasteiger partial charge in [0.15, 0.2) is 0 Å². The number of anilines is 1. The molecule has 1 N–H and O–H groups in total. The zero-order chi connectivity index (χ0) is 17.5. The topological polar surface area (TPSA) is 68.2 Å². The van der Waals surface area contributed by atoms with E-state index in [-0.39, 0.29) is 15.5 Å². The number of thiazole rings is 1. The lowest BCUT2D eigenvalue weighted by Crippen LogP contribution is -2.16. The van der Waals surface area contributed by atoms with Crippen molar-refractivity contribution in [1.82, 2.24) is 4.57 Å². The Morgan fingerprint density at radius 2 is 2.04 bits per heavy atom. The first kappa shape index (κ1) is 16.9. The number of nitrogens with one attached hydrogen (secondary N) is 1. The van der Waals surface area contributed by atoms with Crippen LogP contribution in [0.15, 0.2) is 41.2 Å². The highest BCUT2D eigenvalue weighted by atomic mass is 35.5. The van der Waals surface area contributed by atoms with E-state index >= 15 is 0 Å². The summed E-state index contributed by atoms with van der Waals surface area (Å²) in [5, 5.41) is 0.0529. The lowest BCUT2D eigenvalue weighted by Gasteiger charge is -2.10. The van der Waals surface area contributed by atoms with E-state index in [9.17, 15) is 17.6 Å². The number of sulfonamides is 1. The molecule has 0 bridgehead atoms. The fourth-order valence-corrected chi connectivity index (χ4v) is 4.73. The monoisotopic (exact) mass is 386 g/mol. The number of hydrogen-bond acceptors (Lipinski definition) is 4. The molecule has 24 heavy (non-hydrogen) atoms. The van der Waals surface area contributed by atoms with Crippen LogP contribution in [-0.4, -0.2) is 13.0 Å². The van der Waals surface area contributed by atoms with Crippen LogP contribution in [0.2, 0.25) is 5.02 Å². The molecule has 0 aliphatic heterocycles. The molecule has 0 radical (unpaired) electrons. The van der Waals surface area contributed by atoms with Gasteiger partial charge in [0.25, 0.3) is 0 Å². The first-order valence-electron chi connectivity index (χ1n) is 6.80. The number of aryl methyl sites for hydroxylation is 1. The number of rotatable bonds is 4. The summed E-state index contributed by atoms with van der Waals surface area (Å²) in [5.74, 6) is -1.26. The minimum atomic E-state index is -3.86. The first-order chi connectivity index (χ1) is 11.3. The second-order valence-corrected chi connectivity index (χ2v) is 8.29. The van der Waals surface area contributed by atoms with Gasteiger partial charge in [-0.05, 0) is 30.3 Å². The molecule has 0 atom stereocenters. The molecule has 0 aliphatic carbocycles. The van der Waals surface area contributed by atoms with E-state index in [0.717, 1.165) is 17.4 Å². The molecule has 3 aromatic rings. The lowest BCUT2D eigenvalue weighted by atomic mass is 10.2. The molecule has 0 unspecified atom stereocenters. The molecule has 3 rings (SSSR count). The van der Waals surface area contributed by atoms with Crippen molar-refractivity contribution in [1.29, 1.82) is 0 Å². The average Bonchev–Trinajstić information content (AvgIpc) is 2.77. The van der Waals surface area contributed by atoms with Crippen molar-refractivity contribution in [2.75, 3.05) is 4.72 Å². The van der Waals surface area contributed by atoms with Crippen LogP contribution < -0.4 is 9.60 Å². The normalized spacial score (nSPS) is 11.8. The maximum absolute atomic E-state index is 13.8. The molecule has 5 nitrogen and oxygen atoms in total. The van der Waals surface area contributed by atoms with E-state index in [4.69, 9.17) is 11.6 Å². The molecule has 0 spiro atoms. The number of benzene rings is 2. The third-order valence-corrected chi connectivity index (χ3v) is 6.03. The van der Waals surface area contributed by atoms with Gasteiger partial charge in [-0.25, -0.2) is 12.8 Å². The molecular weight excluding hydrogens is 375 g/mol. The molecular formula is C15H12ClFN2O3S2. The predicted octanol–water partition coefficient (Wildman–Crippen LogP) is 3.33. The molecule has 126 valence electrons. The van der Waals surface area contributed by atoms with Crippen molar-refractivity contribution in [3.8, 4) is 0 Å². The molecule has 0 amide bonds. The summed E-state index contributed by atoms with van der Waals surface area (Å²) in [6.45, 7) is 0. The second kappa shape index (κ2) is 6.19. The van der Waals surface area contributed by atoms with Gasteiger partial charge < -0.3 is 4.57 Å². The number of nitrogens with zero attached hydrogens (tertiary/aromatic N) is 1. The Morgan fingerprint density at radius 3 is 2.75 bits per heavy atom. The first-order valence-corrected chi connectivity index (χ1v) is 9.64. The Balaban J connectivity index is 1.91. The summed E-state index contributed by atoms with van der Waals surface area (Å²) in [6.07, 6.45) is 0. The SMILES string of the molecule is Cn1c(=O)sc2cc(NS(=O)(=O)Cc3c(F)cccc3Cl)ccc21. The molecule has 0 aliphatic rings. The smallest absolute Gasteiger partial charge is 0.302 e. The minimum absolute atomic E-state index is 0.0529. The summed E-state index contributed by atoms with van der Waals surface area (Å²) in [7, 11) is -2.22. The van der Waals surface area contributed by atoms with E-state index in [1.807, 2.05) is 0 Å². The van der Waals surface area contributed by atoms with Crippen LogP contribution in [0.25, 0.3) is 10.2 Å². The van der Waals surface area contributed by atoms with Gasteiger partial charge >= 0.3 is 4.87 Å². The molecule has 0 saturated carbocycles. The van der Waals surface area contributed by atoms with Crippen LogP contribution >= 0.6 is 22.9 Å². The minimum Gasteiger partial charge on any atom is -0.302 e.